The largest absolute Gasteiger partial charge is 0.369 e. The molecule has 0 radical (unpaired) electrons. The summed E-state index contributed by atoms with van der Waals surface area (Å²) >= 11 is 0. The SMILES string of the molecule is Nc1ncc(-c2cn[nH]c2-c2ccc(F)cc2)[nH]1. The number of benzene rings is 1. The molecule has 18 heavy (non-hydrogen) atoms. The second-order valence-corrected chi connectivity index (χ2v) is 3.85. The van der Waals surface area contributed by atoms with Crippen LogP contribution in [0.25, 0.3) is 22.5 Å². The number of nitrogen functional groups attached to an aromatic ring is 1. The smallest absolute Gasteiger partial charge is 0.197 e. The minimum atomic E-state index is -0.273. The first-order chi connectivity index (χ1) is 8.74. The number of nitrogens with zero attached hydrogens (tertiary/aromatic N) is 2. The van der Waals surface area contributed by atoms with Crippen molar-refractivity contribution in [3.8, 4) is 22.5 Å². The standard InChI is InChI=1S/C12H10FN5/c13-8-3-1-7(2-4-8)11-9(5-16-18-11)10-6-15-12(14)17-10/h1-6H,(H,16,18)(H3,14,15,17). The molecule has 0 atom stereocenters. The Balaban J connectivity index is 2.09. The van der Waals surface area contributed by atoms with Crippen molar-refractivity contribution in [2.24, 2.45) is 0 Å². The Hall–Kier alpha value is -2.63. The lowest BCUT2D eigenvalue weighted by atomic mass is 10.1. The highest BCUT2D eigenvalue weighted by Gasteiger charge is 2.11. The molecule has 0 saturated heterocycles. The van der Waals surface area contributed by atoms with Gasteiger partial charge >= 0.3 is 0 Å². The van der Waals surface area contributed by atoms with Crippen LogP contribution < -0.4 is 5.73 Å². The van der Waals surface area contributed by atoms with E-state index in [1.165, 1.54) is 12.1 Å². The normalized spacial score (nSPS) is 10.7. The third kappa shape index (κ3) is 1.73. The van der Waals surface area contributed by atoms with Gasteiger partial charge in [0.15, 0.2) is 5.95 Å². The average Bonchev–Trinajstić information content (AvgIpc) is 2.98. The molecule has 2 heterocycles. The lowest BCUT2D eigenvalue weighted by molar-refractivity contribution is 0.628. The third-order valence-corrected chi connectivity index (χ3v) is 2.66. The van der Waals surface area contributed by atoms with Crippen molar-refractivity contribution in [2.45, 2.75) is 0 Å². The van der Waals surface area contributed by atoms with Gasteiger partial charge in [0, 0.05) is 11.1 Å². The Bertz CT molecular complexity index is 668. The zero-order valence-corrected chi connectivity index (χ0v) is 9.31. The molecule has 0 spiro atoms. The minimum absolute atomic E-state index is 0.273. The zero-order chi connectivity index (χ0) is 12.5. The predicted octanol–water partition coefficient (Wildman–Crippen LogP) is 2.19. The molecule has 2 aromatic heterocycles. The summed E-state index contributed by atoms with van der Waals surface area (Å²) in [5.74, 6) is 0.0712. The minimum Gasteiger partial charge on any atom is -0.369 e. The summed E-state index contributed by atoms with van der Waals surface area (Å²) in [6, 6.07) is 6.18. The summed E-state index contributed by atoms with van der Waals surface area (Å²) in [7, 11) is 0. The molecule has 90 valence electrons. The second-order valence-electron chi connectivity index (χ2n) is 3.85. The fourth-order valence-corrected chi connectivity index (χ4v) is 1.80. The molecule has 5 nitrogen and oxygen atoms in total. The molecule has 0 unspecified atom stereocenters. The van der Waals surface area contributed by atoms with E-state index in [4.69, 9.17) is 5.73 Å². The van der Waals surface area contributed by atoms with Crippen molar-refractivity contribution in [1.29, 1.82) is 0 Å². The third-order valence-electron chi connectivity index (χ3n) is 2.66. The van der Waals surface area contributed by atoms with Crippen LogP contribution in [0.4, 0.5) is 10.3 Å². The molecule has 0 amide bonds. The lowest BCUT2D eigenvalue weighted by Gasteiger charge is -2.01. The van der Waals surface area contributed by atoms with Gasteiger partial charge in [-0.3, -0.25) is 5.10 Å². The van der Waals surface area contributed by atoms with E-state index >= 15 is 0 Å². The van der Waals surface area contributed by atoms with Crippen molar-refractivity contribution < 1.29 is 4.39 Å². The second kappa shape index (κ2) is 3.99. The monoisotopic (exact) mass is 243 g/mol. The van der Waals surface area contributed by atoms with Gasteiger partial charge in [0.2, 0.25) is 0 Å². The number of nitrogens with two attached hydrogens (primary N) is 1. The van der Waals surface area contributed by atoms with E-state index in [0.717, 1.165) is 22.5 Å². The van der Waals surface area contributed by atoms with E-state index in [2.05, 4.69) is 20.2 Å². The highest BCUT2D eigenvalue weighted by molar-refractivity contribution is 5.78. The molecule has 3 aromatic rings. The summed E-state index contributed by atoms with van der Waals surface area (Å²) in [6.07, 6.45) is 3.30. The Labute approximate surface area is 102 Å². The summed E-state index contributed by atoms with van der Waals surface area (Å²) in [6.45, 7) is 0. The molecule has 0 aliphatic carbocycles. The number of aromatic amines is 2. The molecule has 0 bridgehead atoms. The molecule has 0 aliphatic heterocycles. The maximum Gasteiger partial charge on any atom is 0.197 e. The van der Waals surface area contributed by atoms with E-state index in [1.807, 2.05) is 0 Å². The number of hydrogen-bond donors (Lipinski definition) is 3. The van der Waals surface area contributed by atoms with Crippen LogP contribution in [0, 0.1) is 5.82 Å². The van der Waals surface area contributed by atoms with E-state index in [9.17, 15) is 4.39 Å². The van der Waals surface area contributed by atoms with Crippen molar-refractivity contribution >= 4 is 5.95 Å². The van der Waals surface area contributed by atoms with Crippen LogP contribution in [-0.4, -0.2) is 20.2 Å². The number of halogens is 1. The number of aromatic nitrogens is 4. The molecule has 0 saturated carbocycles. The highest BCUT2D eigenvalue weighted by atomic mass is 19.1. The summed E-state index contributed by atoms with van der Waals surface area (Å²) in [4.78, 5) is 6.87. The first-order valence-corrected chi connectivity index (χ1v) is 5.34. The number of nitrogens with one attached hydrogen (secondary N) is 2. The Morgan fingerprint density at radius 2 is 1.89 bits per heavy atom. The number of hydrogen-bond acceptors (Lipinski definition) is 3. The molecule has 6 heteroatoms. The van der Waals surface area contributed by atoms with Gasteiger partial charge in [-0.1, -0.05) is 0 Å². The lowest BCUT2D eigenvalue weighted by Crippen LogP contribution is -1.86. The molecule has 0 fully saturated rings. The van der Waals surface area contributed by atoms with Gasteiger partial charge in [-0.25, -0.2) is 9.37 Å². The van der Waals surface area contributed by atoms with E-state index < -0.39 is 0 Å². The summed E-state index contributed by atoms with van der Waals surface area (Å²) in [5.41, 5.74) is 8.78. The average molecular weight is 243 g/mol. The van der Waals surface area contributed by atoms with Gasteiger partial charge in [-0.15, -0.1) is 0 Å². The molecule has 0 aliphatic rings. The van der Waals surface area contributed by atoms with Crippen molar-refractivity contribution in [3.05, 3.63) is 42.5 Å². The van der Waals surface area contributed by atoms with Crippen LogP contribution in [0.1, 0.15) is 0 Å². The van der Waals surface area contributed by atoms with E-state index in [-0.39, 0.29) is 5.82 Å². The Morgan fingerprint density at radius 3 is 2.56 bits per heavy atom. The topological polar surface area (TPSA) is 83.4 Å². The molecular weight excluding hydrogens is 233 g/mol. The van der Waals surface area contributed by atoms with Gasteiger partial charge in [-0.05, 0) is 24.3 Å². The number of rotatable bonds is 2. The quantitative estimate of drug-likeness (QED) is 0.645. The van der Waals surface area contributed by atoms with Gasteiger partial charge < -0.3 is 10.7 Å². The van der Waals surface area contributed by atoms with Crippen LogP contribution in [-0.2, 0) is 0 Å². The number of anilines is 1. The van der Waals surface area contributed by atoms with Gasteiger partial charge in [0.05, 0.1) is 23.8 Å². The molecular formula is C12H10FN5. The van der Waals surface area contributed by atoms with Gasteiger partial charge in [0.1, 0.15) is 5.82 Å². The number of H-pyrrole nitrogens is 2. The predicted molar refractivity (Wildman–Crippen MR) is 66.0 cm³/mol. The van der Waals surface area contributed by atoms with Crippen LogP contribution >= 0.6 is 0 Å². The molecule has 3 rings (SSSR count). The maximum absolute atomic E-state index is 12.9. The van der Waals surface area contributed by atoms with Gasteiger partial charge in [0.25, 0.3) is 0 Å². The van der Waals surface area contributed by atoms with Crippen molar-refractivity contribution in [1.82, 2.24) is 20.2 Å². The number of imidazole rings is 1. The highest BCUT2D eigenvalue weighted by Crippen LogP contribution is 2.29. The van der Waals surface area contributed by atoms with Crippen LogP contribution in [0.3, 0.4) is 0 Å². The van der Waals surface area contributed by atoms with E-state index in [0.29, 0.717) is 5.95 Å². The summed E-state index contributed by atoms with van der Waals surface area (Å²) in [5, 5.41) is 6.89. The Kier molecular flexibility index (Phi) is 2.33. The van der Waals surface area contributed by atoms with Gasteiger partial charge in [-0.2, -0.15) is 5.10 Å². The zero-order valence-electron chi connectivity index (χ0n) is 9.31. The van der Waals surface area contributed by atoms with Crippen molar-refractivity contribution in [2.75, 3.05) is 5.73 Å². The first-order valence-electron chi connectivity index (χ1n) is 5.34. The van der Waals surface area contributed by atoms with Crippen LogP contribution in [0.5, 0.6) is 0 Å². The molecule has 4 N–H and O–H groups in total. The first kappa shape index (κ1) is 10.5. The van der Waals surface area contributed by atoms with E-state index in [1.54, 1.807) is 24.5 Å². The van der Waals surface area contributed by atoms with Crippen molar-refractivity contribution in [3.63, 3.8) is 0 Å². The van der Waals surface area contributed by atoms with Crippen LogP contribution in [0.2, 0.25) is 0 Å². The fraction of sp³-hybridized carbons (Fsp3) is 0. The fourth-order valence-electron chi connectivity index (χ4n) is 1.80. The molecule has 1 aromatic carbocycles. The Morgan fingerprint density at radius 1 is 1.11 bits per heavy atom. The summed E-state index contributed by atoms with van der Waals surface area (Å²) < 4.78 is 12.9. The maximum atomic E-state index is 12.9. The van der Waals surface area contributed by atoms with Crippen LogP contribution in [0.15, 0.2) is 36.7 Å².